The summed E-state index contributed by atoms with van der Waals surface area (Å²) < 4.78 is 0. The molecule has 0 heterocycles. The Kier molecular flexibility index (Phi) is 8.70. The van der Waals surface area contributed by atoms with Crippen LogP contribution >= 0.6 is 11.8 Å². The molecule has 0 aromatic rings. The molecule has 17 heavy (non-hydrogen) atoms. The fraction of sp³-hybridized carbons (Fsp3) is 0.923. The summed E-state index contributed by atoms with van der Waals surface area (Å²) in [4.78, 5) is 14.0. The SMILES string of the molecule is CSCC(C)N(C)C(=O)C(C)CCCC(C)N. The number of thioether (sulfide) groups is 1. The van der Waals surface area contributed by atoms with Gasteiger partial charge in [0.25, 0.3) is 0 Å². The zero-order chi connectivity index (χ0) is 13.4. The first-order valence-corrected chi connectivity index (χ1v) is 7.80. The van der Waals surface area contributed by atoms with E-state index < -0.39 is 0 Å². The standard InChI is InChI=1S/C13H28N2OS/c1-10(7-6-8-11(2)14)13(16)15(4)12(3)9-17-5/h10-12H,6-9,14H2,1-5H3. The largest absolute Gasteiger partial charge is 0.342 e. The Morgan fingerprint density at radius 1 is 1.29 bits per heavy atom. The van der Waals surface area contributed by atoms with Gasteiger partial charge in [0.2, 0.25) is 5.91 Å². The highest BCUT2D eigenvalue weighted by molar-refractivity contribution is 7.98. The lowest BCUT2D eigenvalue weighted by Gasteiger charge is -2.27. The maximum atomic E-state index is 12.1. The Bertz CT molecular complexity index is 221. The van der Waals surface area contributed by atoms with Crippen LogP contribution in [0.5, 0.6) is 0 Å². The van der Waals surface area contributed by atoms with Crippen molar-refractivity contribution in [1.82, 2.24) is 4.90 Å². The number of hydrogen-bond acceptors (Lipinski definition) is 3. The van der Waals surface area contributed by atoms with Crippen molar-refractivity contribution in [1.29, 1.82) is 0 Å². The van der Waals surface area contributed by atoms with Gasteiger partial charge in [-0.2, -0.15) is 11.8 Å². The minimum absolute atomic E-state index is 0.114. The predicted octanol–water partition coefficient (Wildman–Crippen LogP) is 2.35. The van der Waals surface area contributed by atoms with Crippen molar-refractivity contribution in [3.63, 3.8) is 0 Å². The fourth-order valence-electron chi connectivity index (χ4n) is 1.79. The average Bonchev–Trinajstić information content (AvgIpc) is 2.26. The van der Waals surface area contributed by atoms with Crippen molar-refractivity contribution in [3.8, 4) is 0 Å². The third-order valence-corrected chi connectivity index (χ3v) is 3.95. The van der Waals surface area contributed by atoms with Gasteiger partial charge in [-0.25, -0.2) is 0 Å². The molecule has 1 amide bonds. The minimum atomic E-state index is 0.114. The van der Waals surface area contributed by atoms with E-state index in [2.05, 4.69) is 13.2 Å². The molecule has 3 unspecified atom stereocenters. The van der Waals surface area contributed by atoms with Gasteiger partial charge in [-0.05, 0) is 32.9 Å². The van der Waals surface area contributed by atoms with E-state index in [0.29, 0.717) is 6.04 Å². The van der Waals surface area contributed by atoms with Gasteiger partial charge in [0.1, 0.15) is 0 Å². The summed E-state index contributed by atoms with van der Waals surface area (Å²) in [5, 5.41) is 0. The average molecular weight is 260 g/mol. The van der Waals surface area contributed by atoms with E-state index in [9.17, 15) is 4.79 Å². The molecule has 0 aliphatic rings. The molecule has 0 aromatic heterocycles. The molecule has 0 saturated heterocycles. The summed E-state index contributed by atoms with van der Waals surface area (Å²) in [5.74, 6) is 1.37. The first kappa shape index (κ1) is 16.8. The summed E-state index contributed by atoms with van der Waals surface area (Å²) >= 11 is 1.78. The van der Waals surface area contributed by atoms with Crippen LogP contribution in [0.15, 0.2) is 0 Å². The number of nitrogens with two attached hydrogens (primary N) is 1. The van der Waals surface area contributed by atoms with E-state index in [-0.39, 0.29) is 17.9 Å². The molecule has 4 heteroatoms. The number of carbonyl (C=O) groups excluding carboxylic acids is 1. The maximum absolute atomic E-state index is 12.1. The number of amides is 1. The van der Waals surface area contributed by atoms with Crippen LogP contribution in [0, 0.1) is 5.92 Å². The van der Waals surface area contributed by atoms with Gasteiger partial charge >= 0.3 is 0 Å². The molecular weight excluding hydrogens is 232 g/mol. The Labute approximate surface area is 111 Å². The summed E-state index contributed by atoms with van der Waals surface area (Å²) in [6.45, 7) is 6.13. The summed E-state index contributed by atoms with van der Waals surface area (Å²) in [7, 11) is 1.91. The quantitative estimate of drug-likeness (QED) is 0.729. The van der Waals surface area contributed by atoms with E-state index in [0.717, 1.165) is 25.0 Å². The summed E-state index contributed by atoms with van der Waals surface area (Å²) in [5.41, 5.74) is 5.70. The fourth-order valence-corrected chi connectivity index (χ4v) is 2.49. The highest BCUT2D eigenvalue weighted by Gasteiger charge is 2.20. The van der Waals surface area contributed by atoms with E-state index in [1.165, 1.54) is 0 Å². The Hall–Kier alpha value is -0.220. The smallest absolute Gasteiger partial charge is 0.225 e. The molecule has 0 spiro atoms. The van der Waals surface area contributed by atoms with Gasteiger partial charge in [-0.15, -0.1) is 0 Å². The van der Waals surface area contributed by atoms with Gasteiger partial charge < -0.3 is 10.6 Å². The van der Waals surface area contributed by atoms with Crippen LogP contribution < -0.4 is 5.73 Å². The zero-order valence-electron chi connectivity index (χ0n) is 11.9. The van der Waals surface area contributed by atoms with Gasteiger partial charge in [0.15, 0.2) is 0 Å². The molecule has 0 bridgehead atoms. The van der Waals surface area contributed by atoms with Crippen LogP contribution in [0.4, 0.5) is 0 Å². The van der Waals surface area contributed by atoms with Crippen molar-refractivity contribution in [2.45, 2.75) is 52.1 Å². The van der Waals surface area contributed by atoms with Crippen molar-refractivity contribution >= 4 is 17.7 Å². The number of hydrogen-bond donors (Lipinski definition) is 1. The van der Waals surface area contributed by atoms with Crippen LogP contribution in [0.25, 0.3) is 0 Å². The predicted molar refractivity (Wildman–Crippen MR) is 77.3 cm³/mol. The van der Waals surface area contributed by atoms with Crippen molar-refractivity contribution in [2.24, 2.45) is 11.7 Å². The van der Waals surface area contributed by atoms with E-state index >= 15 is 0 Å². The van der Waals surface area contributed by atoms with Gasteiger partial charge in [-0.3, -0.25) is 4.79 Å². The maximum Gasteiger partial charge on any atom is 0.225 e. The second-order valence-electron chi connectivity index (χ2n) is 5.06. The van der Waals surface area contributed by atoms with E-state index in [1.54, 1.807) is 11.8 Å². The molecule has 0 fully saturated rings. The molecule has 0 saturated carbocycles. The Morgan fingerprint density at radius 2 is 1.88 bits per heavy atom. The molecule has 0 rings (SSSR count). The lowest BCUT2D eigenvalue weighted by molar-refractivity contribution is -0.135. The monoisotopic (exact) mass is 260 g/mol. The topological polar surface area (TPSA) is 46.3 Å². The highest BCUT2D eigenvalue weighted by Crippen LogP contribution is 2.14. The van der Waals surface area contributed by atoms with E-state index in [4.69, 9.17) is 5.73 Å². The Balaban J connectivity index is 4.02. The van der Waals surface area contributed by atoms with Gasteiger partial charge in [0.05, 0.1) is 0 Å². The molecule has 0 radical (unpaired) electrons. The van der Waals surface area contributed by atoms with Crippen LogP contribution in [-0.4, -0.2) is 41.9 Å². The molecule has 2 N–H and O–H groups in total. The second-order valence-corrected chi connectivity index (χ2v) is 5.97. The minimum Gasteiger partial charge on any atom is -0.342 e. The second kappa shape index (κ2) is 8.81. The van der Waals surface area contributed by atoms with Crippen LogP contribution in [0.2, 0.25) is 0 Å². The molecule has 3 atom stereocenters. The molecule has 0 aliphatic heterocycles. The molecule has 102 valence electrons. The summed E-state index contributed by atoms with van der Waals surface area (Å²) in [6.07, 6.45) is 5.05. The molecular formula is C13H28N2OS. The molecule has 0 aromatic carbocycles. The normalized spacial score (nSPS) is 16.4. The number of rotatable bonds is 8. The zero-order valence-corrected chi connectivity index (χ0v) is 12.7. The third-order valence-electron chi connectivity index (χ3n) is 3.13. The molecule has 3 nitrogen and oxygen atoms in total. The lowest BCUT2D eigenvalue weighted by Crippen LogP contribution is -2.39. The van der Waals surface area contributed by atoms with Crippen molar-refractivity contribution in [3.05, 3.63) is 0 Å². The molecule has 0 aliphatic carbocycles. The van der Waals surface area contributed by atoms with Crippen molar-refractivity contribution in [2.75, 3.05) is 19.1 Å². The Morgan fingerprint density at radius 3 is 2.35 bits per heavy atom. The van der Waals surface area contributed by atoms with E-state index in [1.807, 2.05) is 25.8 Å². The first-order chi connectivity index (χ1) is 7.90. The third kappa shape index (κ3) is 6.94. The van der Waals surface area contributed by atoms with Crippen molar-refractivity contribution < 1.29 is 4.79 Å². The first-order valence-electron chi connectivity index (χ1n) is 6.41. The van der Waals surface area contributed by atoms with Crippen LogP contribution in [-0.2, 0) is 4.79 Å². The lowest BCUT2D eigenvalue weighted by atomic mass is 10.0. The number of nitrogens with zero attached hydrogens (tertiary/aromatic N) is 1. The summed E-state index contributed by atoms with van der Waals surface area (Å²) in [6, 6.07) is 0.554. The van der Waals surface area contributed by atoms with Gasteiger partial charge in [0, 0.05) is 30.8 Å². The van der Waals surface area contributed by atoms with Gasteiger partial charge in [-0.1, -0.05) is 13.3 Å². The van der Waals surface area contributed by atoms with Crippen LogP contribution in [0.3, 0.4) is 0 Å². The highest BCUT2D eigenvalue weighted by atomic mass is 32.2. The van der Waals surface area contributed by atoms with Crippen LogP contribution in [0.1, 0.15) is 40.0 Å². The number of carbonyl (C=O) groups is 1.